The Balaban J connectivity index is 1.14. The van der Waals surface area contributed by atoms with Crippen LogP contribution in [0.3, 0.4) is 0 Å². The fourth-order valence-electron chi connectivity index (χ4n) is 3.90. The molecule has 0 bridgehead atoms. The van der Waals surface area contributed by atoms with E-state index < -0.39 is 0 Å². The lowest BCUT2D eigenvalue weighted by Crippen LogP contribution is -2.44. The van der Waals surface area contributed by atoms with Crippen molar-refractivity contribution in [3.8, 4) is 11.4 Å². The summed E-state index contributed by atoms with van der Waals surface area (Å²) in [5.74, 6) is 1.41. The molecule has 3 fully saturated rings. The Kier molecular flexibility index (Phi) is 4.18. The van der Waals surface area contributed by atoms with Gasteiger partial charge in [0.2, 0.25) is 17.6 Å². The maximum Gasteiger partial charge on any atom is 0.251 e. The molecule has 0 atom stereocenters. The number of hydrogen-bond acceptors (Lipinski definition) is 5. The van der Waals surface area contributed by atoms with Gasteiger partial charge in [-0.05, 0) is 56.1 Å². The Bertz CT molecular complexity index is 887. The highest BCUT2D eigenvalue weighted by Crippen LogP contribution is 2.53. The molecule has 1 aromatic heterocycles. The molecule has 5 rings (SSSR count). The molecule has 146 valence electrons. The normalized spacial score (nSPS) is 20.2. The van der Waals surface area contributed by atoms with Crippen molar-refractivity contribution in [2.45, 2.75) is 44.4 Å². The third-order valence-electron chi connectivity index (χ3n) is 6.31. The number of rotatable bonds is 5. The third-order valence-corrected chi connectivity index (χ3v) is 6.31. The quantitative estimate of drug-likeness (QED) is 0.862. The maximum absolute atomic E-state index is 12.4. The van der Waals surface area contributed by atoms with Crippen molar-refractivity contribution >= 4 is 11.8 Å². The van der Waals surface area contributed by atoms with E-state index >= 15 is 0 Å². The molecule has 1 aromatic carbocycles. The molecule has 2 amide bonds. The molecule has 0 unspecified atom stereocenters. The van der Waals surface area contributed by atoms with E-state index in [9.17, 15) is 9.59 Å². The van der Waals surface area contributed by atoms with Crippen LogP contribution in [0.2, 0.25) is 0 Å². The molecule has 0 radical (unpaired) electrons. The molecule has 28 heavy (non-hydrogen) atoms. The summed E-state index contributed by atoms with van der Waals surface area (Å²) in [6.45, 7) is 1.68. The first-order valence-corrected chi connectivity index (χ1v) is 10.1. The summed E-state index contributed by atoms with van der Waals surface area (Å²) in [7, 11) is 0. The molecule has 1 N–H and O–H groups in total. The van der Waals surface area contributed by atoms with E-state index in [1.54, 1.807) is 24.3 Å². The van der Waals surface area contributed by atoms with E-state index in [4.69, 9.17) is 4.52 Å². The van der Waals surface area contributed by atoms with Crippen molar-refractivity contribution in [3.63, 3.8) is 0 Å². The largest absolute Gasteiger partial charge is 0.343 e. The molecule has 2 heterocycles. The number of nitrogens with zero attached hydrogens (tertiary/aromatic N) is 3. The highest BCUT2D eigenvalue weighted by Gasteiger charge is 2.45. The van der Waals surface area contributed by atoms with Crippen molar-refractivity contribution in [1.29, 1.82) is 0 Å². The van der Waals surface area contributed by atoms with Crippen LogP contribution in [0.5, 0.6) is 0 Å². The van der Waals surface area contributed by atoms with Crippen molar-refractivity contribution in [1.82, 2.24) is 20.4 Å². The minimum Gasteiger partial charge on any atom is -0.343 e. The second-order valence-corrected chi connectivity index (χ2v) is 8.37. The minimum atomic E-state index is -0.248. The number of piperidine rings is 1. The summed E-state index contributed by atoms with van der Waals surface area (Å²) in [5, 5.41) is 6.75. The number of hydrogen-bond donors (Lipinski definition) is 1. The van der Waals surface area contributed by atoms with Crippen LogP contribution in [-0.2, 0) is 4.79 Å². The van der Waals surface area contributed by atoms with Gasteiger partial charge in [0.05, 0.1) is 6.54 Å². The minimum absolute atomic E-state index is 0.000118. The average molecular weight is 380 g/mol. The van der Waals surface area contributed by atoms with E-state index in [-0.39, 0.29) is 18.4 Å². The Morgan fingerprint density at radius 2 is 1.82 bits per heavy atom. The molecule has 2 aromatic rings. The van der Waals surface area contributed by atoms with Crippen LogP contribution in [0, 0.1) is 5.41 Å². The lowest BCUT2D eigenvalue weighted by atomic mass is 9.94. The molecular formula is C21H24N4O3. The molecular weight excluding hydrogens is 356 g/mol. The second-order valence-electron chi connectivity index (χ2n) is 8.37. The first-order valence-electron chi connectivity index (χ1n) is 10.1. The zero-order chi connectivity index (χ0) is 19.1. The Labute approximate surface area is 163 Å². The predicted octanol–water partition coefficient (Wildman–Crippen LogP) is 2.75. The number of aromatic nitrogens is 2. The van der Waals surface area contributed by atoms with Gasteiger partial charge in [-0.3, -0.25) is 9.59 Å². The molecule has 1 aliphatic heterocycles. The van der Waals surface area contributed by atoms with Gasteiger partial charge in [-0.2, -0.15) is 4.98 Å². The van der Waals surface area contributed by atoms with Gasteiger partial charge in [-0.15, -0.1) is 0 Å². The van der Waals surface area contributed by atoms with Gasteiger partial charge in [0.1, 0.15) is 0 Å². The summed E-state index contributed by atoms with van der Waals surface area (Å²) >= 11 is 0. The van der Waals surface area contributed by atoms with Crippen LogP contribution in [0.4, 0.5) is 0 Å². The summed E-state index contributed by atoms with van der Waals surface area (Å²) < 4.78 is 5.28. The van der Waals surface area contributed by atoms with Crippen molar-refractivity contribution < 1.29 is 14.1 Å². The van der Waals surface area contributed by atoms with Crippen molar-refractivity contribution in [2.24, 2.45) is 5.41 Å². The van der Waals surface area contributed by atoms with Crippen LogP contribution in [-0.4, -0.2) is 46.5 Å². The second kappa shape index (κ2) is 6.72. The van der Waals surface area contributed by atoms with Crippen molar-refractivity contribution in [2.75, 3.05) is 19.6 Å². The lowest BCUT2D eigenvalue weighted by Gasteiger charge is -2.32. The fourth-order valence-corrected chi connectivity index (χ4v) is 3.90. The van der Waals surface area contributed by atoms with Gasteiger partial charge in [0.15, 0.2) is 0 Å². The first kappa shape index (κ1) is 17.4. The molecule has 2 aliphatic carbocycles. The molecule has 7 heteroatoms. The van der Waals surface area contributed by atoms with Crippen LogP contribution in [0.15, 0.2) is 28.8 Å². The Hall–Kier alpha value is -2.70. The Morgan fingerprint density at radius 3 is 2.46 bits per heavy atom. The van der Waals surface area contributed by atoms with E-state index in [0.717, 1.165) is 44.3 Å². The number of carbonyl (C=O) groups excluding carboxylic acids is 2. The number of carbonyl (C=O) groups is 2. The monoisotopic (exact) mass is 380 g/mol. The SMILES string of the molecule is O=C(NCC(=O)N1CCC2(CC1)CC2)c1ccc(-c2noc(C3CC3)n2)cc1. The molecule has 2 saturated carbocycles. The summed E-state index contributed by atoms with van der Waals surface area (Å²) in [5.41, 5.74) is 1.86. The summed E-state index contributed by atoms with van der Waals surface area (Å²) in [6, 6.07) is 7.05. The topological polar surface area (TPSA) is 88.3 Å². The molecule has 3 aliphatic rings. The van der Waals surface area contributed by atoms with Gasteiger partial charge in [0.25, 0.3) is 5.91 Å². The standard InChI is InChI=1S/C21H24N4O3/c26-17(25-11-9-21(7-8-21)10-12-25)13-22-19(27)15-3-1-14(2-4-15)18-23-20(28-24-18)16-5-6-16/h1-4,16H,5-13H2,(H,22,27). The van der Waals surface area contributed by atoms with E-state index in [2.05, 4.69) is 15.5 Å². The molecule has 7 nitrogen and oxygen atoms in total. The van der Waals surface area contributed by atoms with Crippen LogP contribution in [0.25, 0.3) is 11.4 Å². The van der Waals surface area contributed by atoms with Gasteiger partial charge in [0, 0.05) is 30.1 Å². The van der Waals surface area contributed by atoms with Crippen molar-refractivity contribution in [3.05, 3.63) is 35.7 Å². The van der Waals surface area contributed by atoms with Gasteiger partial charge in [-0.25, -0.2) is 0 Å². The van der Waals surface area contributed by atoms with Gasteiger partial charge in [-0.1, -0.05) is 17.3 Å². The number of amides is 2. The maximum atomic E-state index is 12.4. The first-order chi connectivity index (χ1) is 13.6. The Morgan fingerprint density at radius 1 is 1.11 bits per heavy atom. The van der Waals surface area contributed by atoms with E-state index in [0.29, 0.717) is 28.6 Å². The highest BCUT2D eigenvalue weighted by molar-refractivity contribution is 5.96. The van der Waals surface area contributed by atoms with E-state index in [1.165, 1.54) is 12.8 Å². The zero-order valence-corrected chi connectivity index (χ0v) is 15.8. The van der Waals surface area contributed by atoms with Crippen LogP contribution in [0.1, 0.15) is 60.7 Å². The third kappa shape index (κ3) is 3.53. The van der Waals surface area contributed by atoms with Gasteiger partial charge >= 0.3 is 0 Å². The van der Waals surface area contributed by atoms with Gasteiger partial charge < -0.3 is 14.7 Å². The van der Waals surface area contributed by atoms with Crippen LogP contribution < -0.4 is 5.32 Å². The number of likely N-dealkylation sites (tertiary alicyclic amines) is 1. The lowest BCUT2D eigenvalue weighted by molar-refractivity contribution is -0.131. The van der Waals surface area contributed by atoms with Crippen LogP contribution >= 0.6 is 0 Å². The molecule has 1 saturated heterocycles. The smallest absolute Gasteiger partial charge is 0.251 e. The predicted molar refractivity (Wildman–Crippen MR) is 102 cm³/mol. The number of nitrogens with one attached hydrogen (secondary N) is 1. The average Bonchev–Trinajstić information content (AvgIpc) is 3.66. The fraction of sp³-hybridized carbons (Fsp3) is 0.524. The molecule has 1 spiro atoms. The summed E-state index contributed by atoms with van der Waals surface area (Å²) in [4.78, 5) is 31.0. The summed E-state index contributed by atoms with van der Waals surface area (Å²) in [6.07, 6.45) is 7.05. The van der Waals surface area contributed by atoms with E-state index in [1.807, 2.05) is 4.90 Å². The number of benzene rings is 1. The zero-order valence-electron chi connectivity index (χ0n) is 15.8. The highest BCUT2D eigenvalue weighted by atomic mass is 16.5.